The molecule has 0 atom stereocenters. The molecule has 0 fully saturated rings. The molecule has 2 heterocycles. The van der Waals surface area contributed by atoms with Gasteiger partial charge in [0.2, 0.25) is 0 Å². The number of aryl methyl sites for hydroxylation is 1. The Morgan fingerprint density at radius 1 is 1.07 bits per heavy atom. The first-order chi connectivity index (χ1) is 14.6. The number of nitrogens with one attached hydrogen (secondary N) is 1. The highest BCUT2D eigenvalue weighted by molar-refractivity contribution is 9.10. The molecular formula is C23H22BrN5O. The zero-order valence-electron chi connectivity index (χ0n) is 16.8. The number of amides is 1. The molecule has 0 saturated carbocycles. The van der Waals surface area contributed by atoms with Crippen molar-refractivity contribution in [1.29, 1.82) is 0 Å². The van der Waals surface area contributed by atoms with Gasteiger partial charge in [-0.05, 0) is 41.9 Å². The third kappa shape index (κ3) is 3.80. The number of aromatic nitrogens is 4. The fourth-order valence-electron chi connectivity index (χ4n) is 3.48. The maximum atomic E-state index is 13.3. The van der Waals surface area contributed by atoms with Crippen molar-refractivity contribution < 1.29 is 4.79 Å². The van der Waals surface area contributed by atoms with Gasteiger partial charge in [-0.2, -0.15) is 10.2 Å². The lowest BCUT2D eigenvalue weighted by atomic mass is 10.1. The molecule has 0 aliphatic carbocycles. The zero-order valence-corrected chi connectivity index (χ0v) is 18.4. The van der Waals surface area contributed by atoms with Gasteiger partial charge in [0.25, 0.3) is 5.91 Å². The summed E-state index contributed by atoms with van der Waals surface area (Å²) in [6.45, 7) is 5.05. The van der Waals surface area contributed by atoms with Gasteiger partial charge in [0.05, 0.1) is 39.9 Å². The molecule has 4 aromatic rings. The first kappa shape index (κ1) is 20.1. The van der Waals surface area contributed by atoms with E-state index in [9.17, 15) is 4.79 Å². The van der Waals surface area contributed by atoms with Gasteiger partial charge < -0.3 is 5.32 Å². The molecule has 1 N–H and O–H groups in total. The lowest BCUT2D eigenvalue weighted by Crippen LogP contribution is -2.25. The molecule has 0 aliphatic heterocycles. The van der Waals surface area contributed by atoms with Crippen molar-refractivity contribution >= 4 is 21.8 Å². The molecule has 0 radical (unpaired) electrons. The van der Waals surface area contributed by atoms with Crippen LogP contribution in [0.1, 0.15) is 28.7 Å². The molecule has 2 aromatic heterocycles. The second kappa shape index (κ2) is 8.67. The minimum Gasteiger partial charge on any atom is -0.346 e. The predicted molar refractivity (Wildman–Crippen MR) is 121 cm³/mol. The Bertz CT molecular complexity index is 1170. The monoisotopic (exact) mass is 463 g/mol. The van der Waals surface area contributed by atoms with Crippen molar-refractivity contribution in [2.45, 2.75) is 26.9 Å². The molecule has 30 heavy (non-hydrogen) atoms. The number of hydrogen-bond acceptors (Lipinski definition) is 3. The average Bonchev–Trinajstić information content (AvgIpc) is 3.32. The van der Waals surface area contributed by atoms with Crippen LogP contribution in [0, 0.1) is 6.92 Å². The summed E-state index contributed by atoms with van der Waals surface area (Å²) in [5.41, 5.74) is 4.78. The second-order valence-corrected chi connectivity index (χ2v) is 7.71. The lowest BCUT2D eigenvalue weighted by molar-refractivity contribution is 0.0950. The van der Waals surface area contributed by atoms with Gasteiger partial charge in [0.15, 0.2) is 0 Å². The quantitative estimate of drug-likeness (QED) is 0.448. The summed E-state index contributed by atoms with van der Waals surface area (Å²) in [4.78, 5) is 13.3. The van der Waals surface area contributed by atoms with Gasteiger partial charge >= 0.3 is 0 Å². The van der Waals surface area contributed by atoms with E-state index in [4.69, 9.17) is 5.10 Å². The van der Waals surface area contributed by atoms with Gasteiger partial charge in [-0.25, -0.2) is 4.68 Å². The SMILES string of the molecule is CCn1ncc(Br)c1CNC(=O)c1c(-c2ccccc2)nn(-c2ccccc2)c1C. The molecule has 1 amide bonds. The fraction of sp³-hybridized carbons (Fsp3) is 0.174. The van der Waals surface area contributed by atoms with Crippen LogP contribution in [-0.4, -0.2) is 25.5 Å². The van der Waals surface area contributed by atoms with Crippen LogP contribution >= 0.6 is 15.9 Å². The first-order valence-electron chi connectivity index (χ1n) is 9.79. The molecule has 0 bridgehead atoms. The largest absolute Gasteiger partial charge is 0.346 e. The highest BCUT2D eigenvalue weighted by Gasteiger charge is 2.23. The smallest absolute Gasteiger partial charge is 0.255 e. The van der Waals surface area contributed by atoms with Crippen LogP contribution < -0.4 is 5.32 Å². The van der Waals surface area contributed by atoms with Gasteiger partial charge in [0.1, 0.15) is 5.69 Å². The molecule has 7 heteroatoms. The Hall–Kier alpha value is -3.19. The number of para-hydroxylation sites is 1. The van der Waals surface area contributed by atoms with Crippen molar-refractivity contribution in [3.63, 3.8) is 0 Å². The van der Waals surface area contributed by atoms with E-state index in [-0.39, 0.29) is 5.91 Å². The van der Waals surface area contributed by atoms with E-state index in [2.05, 4.69) is 26.3 Å². The standard InChI is InChI=1S/C23H22BrN5O/c1-3-28-20(19(24)14-26-28)15-25-23(30)21-16(2)29(18-12-8-5-9-13-18)27-22(21)17-10-6-4-7-11-17/h4-14H,3,15H2,1-2H3,(H,25,30). The Morgan fingerprint density at radius 3 is 2.40 bits per heavy atom. The maximum absolute atomic E-state index is 13.3. The topological polar surface area (TPSA) is 64.7 Å². The summed E-state index contributed by atoms with van der Waals surface area (Å²) in [5.74, 6) is -0.163. The van der Waals surface area contributed by atoms with Crippen molar-refractivity contribution in [1.82, 2.24) is 24.9 Å². The molecule has 4 rings (SSSR count). The number of carbonyl (C=O) groups is 1. The number of carbonyl (C=O) groups excluding carboxylic acids is 1. The van der Waals surface area contributed by atoms with Crippen LogP contribution in [-0.2, 0) is 13.1 Å². The fourth-order valence-corrected chi connectivity index (χ4v) is 3.92. The second-order valence-electron chi connectivity index (χ2n) is 6.86. The van der Waals surface area contributed by atoms with Gasteiger partial charge in [-0.3, -0.25) is 9.48 Å². The minimum absolute atomic E-state index is 0.163. The van der Waals surface area contributed by atoms with Crippen LogP contribution in [0.3, 0.4) is 0 Å². The first-order valence-corrected chi connectivity index (χ1v) is 10.6. The van der Waals surface area contributed by atoms with Gasteiger partial charge in [-0.15, -0.1) is 0 Å². The third-order valence-electron chi connectivity index (χ3n) is 5.01. The summed E-state index contributed by atoms with van der Waals surface area (Å²) < 4.78 is 4.57. The van der Waals surface area contributed by atoms with Crippen LogP contribution in [0.4, 0.5) is 0 Å². The molecule has 152 valence electrons. The number of nitrogens with zero attached hydrogens (tertiary/aromatic N) is 4. The van der Waals surface area contributed by atoms with E-state index in [1.807, 2.05) is 83.9 Å². The summed E-state index contributed by atoms with van der Waals surface area (Å²) in [6.07, 6.45) is 1.75. The molecule has 0 spiro atoms. The number of benzene rings is 2. The molecule has 6 nitrogen and oxygen atoms in total. The van der Waals surface area contributed by atoms with Crippen LogP contribution in [0.5, 0.6) is 0 Å². The van der Waals surface area contributed by atoms with E-state index in [0.29, 0.717) is 17.8 Å². The molecule has 0 aliphatic rings. The molecule has 2 aromatic carbocycles. The van der Waals surface area contributed by atoms with E-state index in [1.54, 1.807) is 6.20 Å². The normalized spacial score (nSPS) is 10.9. The summed E-state index contributed by atoms with van der Waals surface area (Å²) in [6, 6.07) is 19.6. The Balaban J connectivity index is 1.73. The van der Waals surface area contributed by atoms with Crippen molar-refractivity contribution in [3.8, 4) is 16.9 Å². The summed E-state index contributed by atoms with van der Waals surface area (Å²) in [7, 11) is 0. The van der Waals surface area contributed by atoms with Crippen molar-refractivity contribution in [2.24, 2.45) is 0 Å². The van der Waals surface area contributed by atoms with E-state index < -0.39 is 0 Å². The van der Waals surface area contributed by atoms with Gasteiger partial charge in [-0.1, -0.05) is 48.5 Å². The van der Waals surface area contributed by atoms with Crippen LogP contribution in [0.25, 0.3) is 16.9 Å². The molecular weight excluding hydrogens is 442 g/mol. The molecule has 0 unspecified atom stereocenters. The Labute approximate surface area is 183 Å². The van der Waals surface area contributed by atoms with Crippen LogP contribution in [0.2, 0.25) is 0 Å². The molecule has 0 saturated heterocycles. The summed E-state index contributed by atoms with van der Waals surface area (Å²) in [5, 5.41) is 12.2. The highest BCUT2D eigenvalue weighted by atomic mass is 79.9. The maximum Gasteiger partial charge on any atom is 0.255 e. The van der Waals surface area contributed by atoms with Crippen LogP contribution in [0.15, 0.2) is 71.3 Å². The minimum atomic E-state index is -0.163. The van der Waals surface area contributed by atoms with E-state index in [0.717, 1.165) is 33.7 Å². The third-order valence-corrected chi connectivity index (χ3v) is 5.67. The van der Waals surface area contributed by atoms with E-state index >= 15 is 0 Å². The lowest BCUT2D eigenvalue weighted by Gasteiger charge is -2.09. The van der Waals surface area contributed by atoms with Crippen molar-refractivity contribution in [2.75, 3.05) is 0 Å². The Morgan fingerprint density at radius 2 is 1.73 bits per heavy atom. The number of hydrogen-bond donors (Lipinski definition) is 1. The number of halogens is 1. The van der Waals surface area contributed by atoms with Crippen molar-refractivity contribution in [3.05, 3.63) is 88.3 Å². The zero-order chi connectivity index (χ0) is 21.1. The van der Waals surface area contributed by atoms with E-state index in [1.165, 1.54) is 0 Å². The number of rotatable bonds is 6. The predicted octanol–water partition coefficient (Wildman–Crippen LogP) is 4.76. The van der Waals surface area contributed by atoms with Gasteiger partial charge in [0, 0.05) is 12.1 Å². The Kier molecular flexibility index (Phi) is 5.81. The average molecular weight is 464 g/mol. The summed E-state index contributed by atoms with van der Waals surface area (Å²) >= 11 is 3.51. The highest BCUT2D eigenvalue weighted by Crippen LogP contribution is 2.27.